The van der Waals surface area contributed by atoms with E-state index in [1.807, 2.05) is 0 Å². The second-order valence-electron chi connectivity index (χ2n) is 8.12. The van der Waals surface area contributed by atoms with Crippen LogP contribution in [-0.4, -0.2) is 88.0 Å². The third-order valence-electron chi connectivity index (χ3n) is 5.57. The first-order valence-corrected chi connectivity index (χ1v) is 13.7. The van der Waals surface area contributed by atoms with Crippen molar-refractivity contribution in [3.8, 4) is 0 Å². The van der Waals surface area contributed by atoms with Gasteiger partial charge in [-0.25, -0.2) is 18.4 Å². The highest BCUT2D eigenvalue weighted by atomic mass is 32.2. The Morgan fingerprint density at radius 1 is 1.24 bits per heavy atom. The number of anilines is 2. The number of carbonyl (C=O) groups is 1. The van der Waals surface area contributed by atoms with Crippen molar-refractivity contribution in [2.75, 3.05) is 58.2 Å². The van der Waals surface area contributed by atoms with Gasteiger partial charge < -0.3 is 19.6 Å². The van der Waals surface area contributed by atoms with E-state index in [-0.39, 0.29) is 29.9 Å². The number of nitrogens with one attached hydrogen (secondary N) is 2. The number of hydrogen-bond acceptors (Lipinski definition) is 11. The van der Waals surface area contributed by atoms with Gasteiger partial charge in [0.15, 0.2) is 16.9 Å². The lowest BCUT2D eigenvalue weighted by Gasteiger charge is -2.17. The number of pyridine rings is 1. The molecule has 1 saturated heterocycles. The van der Waals surface area contributed by atoms with Gasteiger partial charge in [0, 0.05) is 39.7 Å². The first kappa shape index (κ1) is 26.9. The smallest absolute Gasteiger partial charge is 0.280 e. The van der Waals surface area contributed by atoms with E-state index in [9.17, 15) is 13.2 Å². The molecule has 0 aliphatic carbocycles. The molecule has 1 fully saturated rings. The average molecular weight is 549 g/mol. The number of rotatable bonds is 11. The second-order valence-corrected chi connectivity index (χ2v) is 11.1. The molecule has 1 aromatic carbocycles. The Labute approximate surface area is 218 Å². The van der Waals surface area contributed by atoms with Crippen LogP contribution in [0.15, 0.2) is 46.4 Å². The quantitative estimate of drug-likeness (QED) is 0.272. The Balaban J connectivity index is 1.58. The van der Waals surface area contributed by atoms with Gasteiger partial charge in [0.05, 0.1) is 24.7 Å². The van der Waals surface area contributed by atoms with Gasteiger partial charge in [0.25, 0.3) is 5.91 Å². The summed E-state index contributed by atoms with van der Waals surface area (Å²) in [5.41, 5.74) is 1.00. The Bertz CT molecular complexity index is 1370. The number of likely N-dealkylation sites (N-methyl/N-ethyl adjacent to an activating group) is 1. The number of amides is 1. The molecule has 0 unspecified atom stereocenters. The Hall–Kier alpha value is -3.17. The predicted octanol–water partition coefficient (Wildman–Crippen LogP) is 2.15. The molecule has 14 heteroatoms. The molecule has 4 rings (SSSR count). The third kappa shape index (κ3) is 6.40. The van der Waals surface area contributed by atoms with Gasteiger partial charge in [0.2, 0.25) is 10.0 Å². The van der Waals surface area contributed by atoms with Crippen LogP contribution in [0.5, 0.6) is 0 Å². The van der Waals surface area contributed by atoms with Crippen molar-refractivity contribution in [3.05, 3.63) is 42.0 Å². The van der Waals surface area contributed by atoms with Gasteiger partial charge in [0.1, 0.15) is 16.2 Å². The standard InChI is InChI=1S/C23H28N6O6S2/c1-24-19-9-8-18-22(26-19)36-23(25-18)27-21(30)20(28-35-16-10-12-34-14-16)15-4-6-17(7-5-15)37(31,32)29(2)11-13-33-3/h4-9,16H,10-14H2,1-3H3,(H,24,26)(H,25,27,30)/b28-20+/t16-/m1/s1. The molecule has 2 aromatic heterocycles. The van der Waals surface area contributed by atoms with Gasteiger partial charge in [-0.1, -0.05) is 28.6 Å². The molecule has 0 radical (unpaired) electrons. The summed E-state index contributed by atoms with van der Waals surface area (Å²) in [7, 11) is 1.03. The zero-order valence-electron chi connectivity index (χ0n) is 20.6. The normalized spacial score (nSPS) is 16.3. The molecule has 1 aliphatic heterocycles. The molecule has 12 nitrogen and oxygen atoms in total. The lowest BCUT2D eigenvalue weighted by Crippen LogP contribution is -2.30. The van der Waals surface area contributed by atoms with Crippen LogP contribution in [-0.2, 0) is 29.1 Å². The Morgan fingerprint density at radius 2 is 2.03 bits per heavy atom. The van der Waals surface area contributed by atoms with Crippen LogP contribution in [0.3, 0.4) is 0 Å². The second kappa shape index (κ2) is 11.9. The molecular weight excluding hydrogens is 520 g/mol. The Morgan fingerprint density at radius 3 is 2.70 bits per heavy atom. The predicted molar refractivity (Wildman–Crippen MR) is 141 cm³/mol. The van der Waals surface area contributed by atoms with Crippen LogP contribution in [0.1, 0.15) is 12.0 Å². The molecule has 0 bridgehead atoms. The highest BCUT2D eigenvalue weighted by molar-refractivity contribution is 7.89. The van der Waals surface area contributed by atoms with E-state index in [2.05, 4.69) is 25.8 Å². The van der Waals surface area contributed by atoms with Gasteiger partial charge in [-0.2, -0.15) is 4.31 Å². The van der Waals surface area contributed by atoms with E-state index in [1.54, 1.807) is 19.2 Å². The van der Waals surface area contributed by atoms with E-state index >= 15 is 0 Å². The summed E-state index contributed by atoms with van der Waals surface area (Å²) in [4.78, 5) is 28.4. The van der Waals surface area contributed by atoms with Crippen molar-refractivity contribution < 1.29 is 27.5 Å². The highest BCUT2D eigenvalue weighted by Crippen LogP contribution is 2.26. The number of oxime groups is 1. The summed E-state index contributed by atoms with van der Waals surface area (Å²) in [6.45, 7) is 1.41. The lowest BCUT2D eigenvalue weighted by atomic mass is 10.1. The third-order valence-corrected chi connectivity index (χ3v) is 8.33. The van der Waals surface area contributed by atoms with Crippen molar-refractivity contribution >= 4 is 54.3 Å². The van der Waals surface area contributed by atoms with Gasteiger partial charge in [-0.05, 0) is 24.3 Å². The fourth-order valence-corrected chi connectivity index (χ4v) is 5.41. The van der Waals surface area contributed by atoms with Gasteiger partial charge in [-0.15, -0.1) is 0 Å². The highest BCUT2D eigenvalue weighted by Gasteiger charge is 2.24. The maximum Gasteiger partial charge on any atom is 0.280 e. The lowest BCUT2D eigenvalue weighted by molar-refractivity contribution is -0.110. The number of nitrogens with zero attached hydrogens (tertiary/aromatic N) is 4. The van der Waals surface area contributed by atoms with Crippen LogP contribution in [0, 0.1) is 0 Å². The number of methoxy groups -OCH3 is 1. The molecular formula is C23H28N6O6S2. The molecule has 1 amide bonds. The number of benzene rings is 1. The molecule has 0 saturated carbocycles. The van der Waals surface area contributed by atoms with Gasteiger partial charge >= 0.3 is 0 Å². The molecule has 2 N–H and O–H groups in total. The number of hydrogen-bond donors (Lipinski definition) is 2. The van der Waals surface area contributed by atoms with Gasteiger partial charge in [-0.3, -0.25) is 10.1 Å². The summed E-state index contributed by atoms with van der Waals surface area (Å²) in [5.74, 6) is 0.131. The number of fused-ring (bicyclic) bond motifs is 1. The zero-order valence-corrected chi connectivity index (χ0v) is 22.3. The van der Waals surface area contributed by atoms with Crippen molar-refractivity contribution in [1.82, 2.24) is 14.3 Å². The Kier molecular flexibility index (Phi) is 8.66. The number of ether oxygens (including phenoxy) is 2. The summed E-state index contributed by atoms with van der Waals surface area (Å²) >= 11 is 1.22. The van der Waals surface area contributed by atoms with E-state index in [0.29, 0.717) is 46.5 Å². The SMILES string of the molecule is CNc1ccc2nc(NC(=O)/C(=N/O[C@@H]3CCOC3)c3ccc(S(=O)(=O)N(C)CCOC)cc3)sc2n1. The van der Waals surface area contributed by atoms with Crippen molar-refractivity contribution in [2.24, 2.45) is 5.16 Å². The molecule has 0 spiro atoms. The van der Waals surface area contributed by atoms with Crippen LogP contribution >= 0.6 is 11.3 Å². The zero-order chi connectivity index (χ0) is 26.4. The number of sulfonamides is 1. The van der Waals surface area contributed by atoms with E-state index in [1.165, 1.54) is 54.1 Å². The minimum absolute atomic E-state index is 0.0216. The van der Waals surface area contributed by atoms with Crippen molar-refractivity contribution in [2.45, 2.75) is 17.4 Å². The fraction of sp³-hybridized carbons (Fsp3) is 0.391. The molecule has 37 heavy (non-hydrogen) atoms. The summed E-state index contributed by atoms with van der Waals surface area (Å²) < 4.78 is 37.1. The molecule has 1 atom stereocenters. The largest absolute Gasteiger partial charge is 0.389 e. The van der Waals surface area contributed by atoms with E-state index in [4.69, 9.17) is 14.3 Å². The van der Waals surface area contributed by atoms with E-state index < -0.39 is 15.9 Å². The minimum Gasteiger partial charge on any atom is -0.389 e. The van der Waals surface area contributed by atoms with Crippen LogP contribution in [0.25, 0.3) is 10.3 Å². The van der Waals surface area contributed by atoms with Crippen molar-refractivity contribution in [3.63, 3.8) is 0 Å². The topological polar surface area (TPSA) is 144 Å². The summed E-state index contributed by atoms with van der Waals surface area (Å²) in [6.07, 6.45) is 0.379. The van der Waals surface area contributed by atoms with E-state index in [0.717, 1.165) is 0 Å². The number of thiazole rings is 1. The van der Waals surface area contributed by atoms with Crippen LogP contribution < -0.4 is 10.6 Å². The van der Waals surface area contributed by atoms with Crippen LogP contribution in [0.4, 0.5) is 10.9 Å². The monoisotopic (exact) mass is 548 g/mol. The minimum atomic E-state index is -3.72. The molecule has 1 aliphatic rings. The molecule has 3 heterocycles. The first-order chi connectivity index (χ1) is 17.8. The number of carbonyl (C=O) groups excluding carboxylic acids is 1. The maximum absolute atomic E-state index is 13.3. The maximum atomic E-state index is 13.3. The summed E-state index contributed by atoms with van der Waals surface area (Å²) in [5, 5.41) is 10.2. The summed E-state index contributed by atoms with van der Waals surface area (Å²) in [6, 6.07) is 9.49. The first-order valence-electron chi connectivity index (χ1n) is 11.5. The number of aromatic nitrogens is 2. The van der Waals surface area contributed by atoms with Crippen LogP contribution in [0.2, 0.25) is 0 Å². The average Bonchev–Trinajstić information content (AvgIpc) is 3.56. The fourth-order valence-electron chi connectivity index (χ4n) is 3.42. The molecule has 198 valence electrons. The molecule has 3 aromatic rings. The van der Waals surface area contributed by atoms with Crippen molar-refractivity contribution in [1.29, 1.82) is 0 Å².